The van der Waals surface area contributed by atoms with Crippen LogP contribution in [0.5, 0.6) is 0 Å². The lowest BCUT2D eigenvalue weighted by Gasteiger charge is -2.36. The van der Waals surface area contributed by atoms with Crippen LogP contribution in [0, 0.1) is 0 Å². The summed E-state index contributed by atoms with van der Waals surface area (Å²) in [5.41, 5.74) is 0. The average molecular weight is 253 g/mol. The molecule has 1 N–H and O–H groups in total. The first-order chi connectivity index (χ1) is 8.81. The van der Waals surface area contributed by atoms with Gasteiger partial charge in [-0.25, -0.2) is 0 Å². The second-order valence-corrected chi connectivity index (χ2v) is 5.60. The third kappa shape index (κ3) is 3.69. The van der Waals surface area contributed by atoms with E-state index >= 15 is 0 Å². The molecule has 4 nitrogen and oxygen atoms in total. The highest BCUT2D eigenvalue weighted by atomic mass is 16.2. The minimum atomic E-state index is 0.351. The van der Waals surface area contributed by atoms with E-state index in [4.69, 9.17) is 0 Å². The average Bonchev–Trinajstić information content (AvgIpc) is 2.91. The van der Waals surface area contributed by atoms with Gasteiger partial charge in [-0.2, -0.15) is 0 Å². The van der Waals surface area contributed by atoms with E-state index in [0.29, 0.717) is 18.5 Å². The van der Waals surface area contributed by atoms with Crippen molar-refractivity contribution in [2.24, 2.45) is 0 Å². The van der Waals surface area contributed by atoms with Crippen LogP contribution in [-0.2, 0) is 4.79 Å². The third-order valence-corrected chi connectivity index (χ3v) is 4.27. The minimum absolute atomic E-state index is 0.351. The van der Waals surface area contributed by atoms with Crippen LogP contribution in [0.2, 0.25) is 0 Å². The van der Waals surface area contributed by atoms with Gasteiger partial charge in [0.15, 0.2) is 0 Å². The fourth-order valence-electron chi connectivity index (χ4n) is 3.15. The van der Waals surface area contributed by atoms with Gasteiger partial charge in [-0.15, -0.1) is 0 Å². The molecule has 0 saturated carbocycles. The van der Waals surface area contributed by atoms with E-state index < -0.39 is 0 Å². The molecule has 1 amide bonds. The van der Waals surface area contributed by atoms with Gasteiger partial charge in [0.25, 0.3) is 0 Å². The predicted molar refractivity (Wildman–Crippen MR) is 73.6 cm³/mol. The van der Waals surface area contributed by atoms with Crippen LogP contribution in [0.4, 0.5) is 0 Å². The molecule has 2 fully saturated rings. The monoisotopic (exact) mass is 253 g/mol. The maximum absolute atomic E-state index is 12.2. The number of rotatable bonds is 5. The summed E-state index contributed by atoms with van der Waals surface area (Å²) in [7, 11) is 2.00. The summed E-state index contributed by atoms with van der Waals surface area (Å²) in [5, 5.41) is 3.22. The third-order valence-electron chi connectivity index (χ3n) is 4.27. The minimum Gasteiger partial charge on any atom is -0.342 e. The number of amides is 1. The first kappa shape index (κ1) is 13.8. The van der Waals surface area contributed by atoms with Gasteiger partial charge in [0.2, 0.25) is 5.91 Å². The van der Waals surface area contributed by atoms with Crippen molar-refractivity contribution in [2.75, 3.05) is 39.8 Å². The molecule has 0 spiro atoms. The van der Waals surface area contributed by atoms with Gasteiger partial charge in [-0.05, 0) is 52.2 Å². The fourth-order valence-corrected chi connectivity index (χ4v) is 3.15. The number of carbonyl (C=O) groups excluding carboxylic acids is 1. The Morgan fingerprint density at radius 2 is 1.89 bits per heavy atom. The summed E-state index contributed by atoms with van der Waals surface area (Å²) in [4.78, 5) is 16.7. The quantitative estimate of drug-likeness (QED) is 0.796. The summed E-state index contributed by atoms with van der Waals surface area (Å²) in [6, 6.07) is 0.609. The SMILES string of the molecule is CNCCC1CCCCN1CC(=O)N1CCCC1. The maximum atomic E-state index is 12.2. The molecule has 0 aromatic carbocycles. The lowest BCUT2D eigenvalue weighted by molar-refractivity contribution is -0.132. The Kier molecular flexibility index (Phi) is 5.45. The zero-order valence-corrected chi connectivity index (χ0v) is 11.7. The van der Waals surface area contributed by atoms with Gasteiger partial charge >= 0.3 is 0 Å². The van der Waals surface area contributed by atoms with E-state index in [0.717, 1.165) is 26.2 Å². The number of hydrogen-bond donors (Lipinski definition) is 1. The number of hydrogen-bond acceptors (Lipinski definition) is 3. The van der Waals surface area contributed by atoms with Crippen LogP contribution in [0.25, 0.3) is 0 Å². The van der Waals surface area contributed by atoms with Gasteiger partial charge in [-0.1, -0.05) is 6.42 Å². The Bertz CT molecular complexity index is 264. The number of piperidine rings is 1. The molecular weight excluding hydrogens is 226 g/mol. The molecule has 1 unspecified atom stereocenters. The molecule has 0 aromatic rings. The summed E-state index contributed by atoms with van der Waals surface area (Å²) < 4.78 is 0. The molecule has 18 heavy (non-hydrogen) atoms. The van der Waals surface area contributed by atoms with Crippen molar-refractivity contribution < 1.29 is 4.79 Å². The van der Waals surface area contributed by atoms with Gasteiger partial charge in [0, 0.05) is 19.1 Å². The van der Waals surface area contributed by atoms with Gasteiger partial charge in [0.05, 0.1) is 6.54 Å². The topological polar surface area (TPSA) is 35.6 Å². The van der Waals surface area contributed by atoms with Crippen molar-refractivity contribution in [3.63, 3.8) is 0 Å². The first-order valence-electron chi connectivity index (χ1n) is 7.47. The standard InChI is InChI=1S/C14H27N3O/c1-15-8-7-13-6-2-3-11-17(13)12-14(18)16-9-4-5-10-16/h13,15H,2-12H2,1H3. The van der Waals surface area contributed by atoms with E-state index in [2.05, 4.69) is 10.2 Å². The van der Waals surface area contributed by atoms with E-state index in [1.807, 2.05) is 11.9 Å². The van der Waals surface area contributed by atoms with E-state index in [-0.39, 0.29) is 0 Å². The van der Waals surface area contributed by atoms with E-state index in [1.165, 1.54) is 38.5 Å². The fraction of sp³-hybridized carbons (Fsp3) is 0.929. The van der Waals surface area contributed by atoms with Gasteiger partial charge in [-0.3, -0.25) is 9.69 Å². The van der Waals surface area contributed by atoms with Crippen LogP contribution in [0.15, 0.2) is 0 Å². The molecule has 0 bridgehead atoms. The smallest absolute Gasteiger partial charge is 0.236 e. The normalized spacial score (nSPS) is 25.6. The lowest BCUT2D eigenvalue weighted by atomic mass is 9.99. The number of likely N-dealkylation sites (tertiary alicyclic amines) is 2. The van der Waals surface area contributed by atoms with Crippen molar-refractivity contribution in [3.05, 3.63) is 0 Å². The molecule has 2 saturated heterocycles. The maximum Gasteiger partial charge on any atom is 0.236 e. The Hall–Kier alpha value is -0.610. The van der Waals surface area contributed by atoms with Crippen molar-refractivity contribution in [1.82, 2.24) is 15.1 Å². The zero-order chi connectivity index (χ0) is 12.8. The Morgan fingerprint density at radius 1 is 1.17 bits per heavy atom. The van der Waals surface area contributed by atoms with Crippen LogP contribution < -0.4 is 5.32 Å². The largest absolute Gasteiger partial charge is 0.342 e. The van der Waals surface area contributed by atoms with E-state index in [1.54, 1.807) is 0 Å². The highest BCUT2D eigenvalue weighted by molar-refractivity contribution is 5.78. The summed E-state index contributed by atoms with van der Waals surface area (Å²) in [6.07, 6.45) is 7.38. The molecular formula is C14H27N3O. The Morgan fingerprint density at radius 3 is 2.61 bits per heavy atom. The molecule has 0 aromatic heterocycles. The van der Waals surface area contributed by atoms with Crippen molar-refractivity contribution in [1.29, 1.82) is 0 Å². The Balaban J connectivity index is 1.82. The molecule has 104 valence electrons. The Labute approximate surface area is 111 Å². The molecule has 0 aliphatic carbocycles. The molecule has 2 aliphatic rings. The molecule has 2 aliphatic heterocycles. The summed E-state index contributed by atoms with van der Waals surface area (Å²) in [5.74, 6) is 0.351. The highest BCUT2D eigenvalue weighted by Gasteiger charge is 2.26. The molecule has 4 heteroatoms. The molecule has 2 heterocycles. The number of carbonyl (C=O) groups is 1. The van der Waals surface area contributed by atoms with Gasteiger partial charge in [0.1, 0.15) is 0 Å². The lowest BCUT2D eigenvalue weighted by Crippen LogP contribution is -2.47. The predicted octanol–water partition coefficient (Wildman–Crippen LogP) is 1.07. The number of nitrogens with zero attached hydrogens (tertiary/aromatic N) is 2. The van der Waals surface area contributed by atoms with Crippen molar-refractivity contribution in [2.45, 2.75) is 44.6 Å². The first-order valence-corrected chi connectivity index (χ1v) is 7.47. The molecule has 0 radical (unpaired) electrons. The van der Waals surface area contributed by atoms with Crippen molar-refractivity contribution >= 4 is 5.91 Å². The van der Waals surface area contributed by atoms with Crippen molar-refractivity contribution in [3.8, 4) is 0 Å². The van der Waals surface area contributed by atoms with E-state index in [9.17, 15) is 4.79 Å². The number of nitrogens with one attached hydrogen (secondary N) is 1. The van der Waals surface area contributed by atoms with Crippen LogP contribution >= 0.6 is 0 Å². The van der Waals surface area contributed by atoms with Crippen LogP contribution in [0.3, 0.4) is 0 Å². The second kappa shape index (κ2) is 7.10. The zero-order valence-electron chi connectivity index (χ0n) is 11.7. The van der Waals surface area contributed by atoms with Gasteiger partial charge < -0.3 is 10.2 Å². The molecule has 2 rings (SSSR count). The van der Waals surface area contributed by atoms with Crippen LogP contribution in [-0.4, -0.2) is 61.5 Å². The summed E-state index contributed by atoms with van der Waals surface area (Å²) in [6.45, 7) is 4.77. The van der Waals surface area contributed by atoms with Crippen LogP contribution in [0.1, 0.15) is 38.5 Å². The molecule has 1 atom stereocenters. The summed E-state index contributed by atoms with van der Waals surface area (Å²) >= 11 is 0. The highest BCUT2D eigenvalue weighted by Crippen LogP contribution is 2.20. The second-order valence-electron chi connectivity index (χ2n) is 5.60.